The fourth-order valence-electron chi connectivity index (χ4n) is 2.31. The third kappa shape index (κ3) is 3.22. The summed E-state index contributed by atoms with van der Waals surface area (Å²) in [5, 5.41) is 0.559. The molecule has 0 spiro atoms. The number of hydrogen-bond acceptors (Lipinski definition) is 2. The maximum Gasteiger partial charge on any atom is 0.272 e. The van der Waals surface area contributed by atoms with Gasteiger partial charge in [-0.25, -0.2) is 0 Å². The van der Waals surface area contributed by atoms with Gasteiger partial charge in [-0.15, -0.1) is 0 Å². The summed E-state index contributed by atoms with van der Waals surface area (Å²) in [7, 11) is 0. The van der Waals surface area contributed by atoms with E-state index in [-0.39, 0.29) is 5.91 Å². The highest BCUT2D eigenvalue weighted by Gasteiger charge is 2.26. The maximum absolute atomic E-state index is 12.3. The van der Waals surface area contributed by atoms with Crippen LogP contribution in [0.15, 0.2) is 18.3 Å². The molecule has 1 amide bonds. The zero-order valence-electron chi connectivity index (χ0n) is 10.9. The van der Waals surface area contributed by atoms with Crippen molar-refractivity contribution >= 4 is 17.5 Å². The van der Waals surface area contributed by atoms with Gasteiger partial charge in [0.25, 0.3) is 5.91 Å². The van der Waals surface area contributed by atoms with Crippen molar-refractivity contribution in [1.29, 1.82) is 0 Å². The number of amides is 1. The van der Waals surface area contributed by atoms with E-state index in [1.807, 2.05) is 4.90 Å². The van der Waals surface area contributed by atoms with Crippen LogP contribution in [0.2, 0.25) is 5.02 Å². The summed E-state index contributed by atoms with van der Waals surface area (Å²) in [4.78, 5) is 18.3. The van der Waals surface area contributed by atoms with Gasteiger partial charge in [-0.3, -0.25) is 9.78 Å². The number of pyridine rings is 1. The minimum Gasteiger partial charge on any atom is -0.337 e. The van der Waals surface area contributed by atoms with Crippen LogP contribution >= 0.6 is 11.6 Å². The number of nitrogens with zero attached hydrogens (tertiary/aromatic N) is 2. The SMILES string of the molecule is CC1(C)CCCN(C(=O)c2cc(Cl)ccn2)CC1. The Morgan fingerprint density at radius 3 is 2.89 bits per heavy atom. The number of likely N-dealkylation sites (tertiary alicyclic amines) is 1. The Balaban J connectivity index is 2.10. The van der Waals surface area contributed by atoms with Crippen LogP contribution in [0.25, 0.3) is 0 Å². The fraction of sp³-hybridized carbons (Fsp3) is 0.571. The predicted octanol–water partition coefficient (Wildman–Crippen LogP) is 3.39. The standard InChI is InChI=1S/C14H19ClN2O/c1-14(2)5-3-8-17(9-6-14)13(18)12-10-11(15)4-7-16-12/h4,7,10H,3,5-6,8-9H2,1-2H3. The molecule has 1 fully saturated rings. The van der Waals surface area contributed by atoms with Crippen LogP contribution in [0, 0.1) is 5.41 Å². The molecule has 0 bridgehead atoms. The van der Waals surface area contributed by atoms with E-state index >= 15 is 0 Å². The van der Waals surface area contributed by atoms with Crippen molar-refractivity contribution in [2.75, 3.05) is 13.1 Å². The van der Waals surface area contributed by atoms with Crippen molar-refractivity contribution in [1.82, 2.24) is 9.88 Å². The first-order chi connectivity index (χ1) is 8.48. The van der Waals surface area contributed by atoms with Crippen LogP contribution in [-0.2, 0) is 0 Å². The quantitative estimate of drug-likeness (QED) is 0.781. The van der Waals surface area contributed by atoms with Crippen molar-refractivity contribution in [3.8, 4) is 0 Å². The van der Waals surface area contributed by atoms with Crippen molar-refractivity contribution in [3.05, 3.63) is 29.0 Å². The lowest BCUT2D eigenvalue weighted by molar-refractivity contribution is 0.0751. The van der Waals surface area contributed by atoms with Crippen LogP contribution in [0.4, 0.5) is 0 Å². The second-order valence-electron chi connectivity index (χ2n) is 5.67. The third-order valence-corrected chi connectivity index (χ3v) is 3.80. The molecule has 0 aliphatic carbocycles. The molecule has 4 heteroatoms. The number of carbonyl (C=O) groups excluding carboxylic acids is 1. The molecule has 1 aliphatic heterocycles. The summed E-state index contributed by atoms with van der Waals surface area (Å²) < 4.78 is 0. The van der Waals surface area contributed by atoms with Crippen LogP contribution < -0.4 is 0 Å². The molecule has 18 heavy (non-hydrogen) atoms. The summed E-state index contributed by atoms with van der Waals surface area (Å²) in [6.45, 7) is 6.15. The topological polar surface area (TPSA) is 33.2 Å². The maximum atomic E-state index is 12.3. The molecule has 1 aliphatic rings. The van der Waals surface area contributed by atoms with Crippen LogP contribution in [0.5, 0.6) is 0 Å². The minimum atomic E-state index is -0.00444. The number of carbonyl (C=O) groups is 1. The highest BCUT2D eigenvalue weighted by atomic mass is 35.5. The van der Waals surface area contributed by atoms with Crippen LogP contribution in [0.1, 0.15) is 43.6 Å². The van der Waals surface area contributed by atoms with Gasteiger partial charge in [0.1, 0.15) is 5.69 Å². The smallest absolute Gasteiger partial charge is 0.272 e. The molecule has 98 valence electrons. The van der Waals surface area contributed by atoms with Gasteiger partial charge in [0, 0.05) is 24.3 Å². The van der Waals surface area contributed by atoms with Gasteiger partial charge in [0.05, 0.1) is 0 Å². The van der Waals surface area contributed by atoms with Crippen LogP contribution in [-0.4, -0.2) is 28.9 Å². The van der Waals surface area contributed by atoms with Gasteiger partial charge in [-0.1, -0.05) is 25.4 Å². The summed E-state index contributed by atoms with van der Waals surface area (Å²) in [5.41, 5.74) is 0.777. The zero-order chi connectivity index (χ0) is 13.2. The molecule has 0 saturated carbocycles. The molecule has 1 aromatic rings. The first kappa shape index (κ1) is 13.3. The van der Waals surface area contributed by atoms with E-state index in [1.54, 1.807) is 18.3 Å². The largest absolute Gasteiger partial charge is 0.337 e. The molecule has 0 N–H and O–H groups in total. The lowest BCUT2D eigenvalue weighted by Crippen LogP contribution is -2.32. The molecule has 2 heterocycles. The molecule has 3 nitrogen and oxygen atoms in total. The van der Waals surface area contributed by atoms with Gasteiger partial charge < -0.3 is 4.90 Å². The van der Waals surface area contributed by atoms with Gasteiger partial charge in [-0.2, -0.15) is 0 Å². The van der Waals surface area contributed by atoms with Crippen molar-refractivity contribution in [2.24, 2.45) is 5.41 Å². The van der Waals surface area contributed by atoms with Gasteiger partial charge in [-0.05, 0) is 36.8 Å². The normalized spacial score (nSPS) is 19.4. The molecule has 1 saturated heterocycles. The summed E-state index contributed by atoms with van der Waals surface area (Å²) in [6, 6.07) is 3.32. The molecule has 0 aromatic carbocycles. The Kier molecular flexibility index (Phi) is 3.91. The van der Waals surface area contributed by atoms with E-state index in [0.717, 1.165) is 25.9 Å². The number of aromatic nitrogens is 1. The Morgan fingerprint density at radius 1 is 1.39 bits per heavy atom. The molecular weight excluding hydrogens is 248 g/mol. The zero-order valence-corrected chi connectivity index (χ0v) is 11.7. The van der Waals surface area contributed by atoms with E-state index in [4.69, 9.17) is 11.6 Å². The van der Waals surface area contributed by atoms with Gasteiger partial charge in [0.15, 0.2) is 0 Å². The lowest BCUT2D eigenvalue weighted by Gasteiger charge is -2.23. The highest BCUT2D eigenvalue weighted by Crippen LogP contribution is 2.30. The molecule has 2 rings (SSSR count). The monoisotopic (exact) mass is 266 g/mol. The number of hydrogen-bond donors (Lipinski definition) is 0. The Bertz CT molecular complexity index is 445. The predicted molar refractivity (Wildman–Crippen MR) is 72.8 cm³/mol. The Labute approximate surface area is 113 Å². The fourth-order valence-corrected chi connectivity index (χ4v) is 2.47. The first-order valence-electron chi connectivity index (χ1n) is 6.39. The van der Waals surface area contributed by atoms with Crippen molar-refractivity contribution in [3.63, 3.8) is 0 Å². The van der Waals surface area contributed by atoms with Crippen LogP contribution in [0.3, 0.4) is 0 Å². The minimum absolute atomic E-state index is 0.00444. The molecular formula is C14H19ClN2O. The molecule has 0 unspecified atom stereocenters. The van der Waals surface area contributed by atoms with E-state index in [2.05, 4.69) is 18.8 Å². The Hall–Kier alpha value is -1.09. The second-order valence-corrected chi connectivity index (χ2v) is 6.11. The van der Waals surface area contributed by atoms with E-state index < -0.39 is 0 Å². The lowest BCUT2D eigenvalue weighted by atomic mass is 9.85. The highest BCUT2D eigenvalue weighted by molar-refractivity contribution is 6.30. The van der Waals surface area contributed by atoms with Crippen molar-refractivity contribution < 1.29 is 4.79 Å². The summed E-state index contributed by atoms with van der Waals surface area (Å²) in [6.07, 6.45) is 4.84. The second kappa shape index (κ2) is 5.27. The third-order valence-electron chi connectivity index (χ3n) is 3.57. The van der Waals surface area contributed by atoms with Gasteiger partial charge >= 0.3 is 0 Å². The van der Waals surface area contributed by atoms with Crippen molar-refractivity contribution in [2.45, 2.75) is 33.1 Å². The summed E-state index contributed by atoms with van der Waals surface area (Å²) in [5.74, 6) is -0.00444. The van der Waals surface area contributed by atoms with E-state index in [9.17, 15) is 4.79 Å². The van der Waals surface area contributed by atoms with E-state index in [0.29, 0.717) is 16.1 Å². The van der Waals surface area contributed by atoms with E-state index in [1.165, 1.54) is 6.42 Å². The molecule has 0 atom stereocenters. The average Bonchev–Trinajstić information content (AvgIpc) is 2.49. The number of halogens is 1. The molecule has 0 radical (unpaired) electrons. The summed E-state index contributed by atoms with van der Waals surface area (Å²) >= 11 is 5.89. The Morgan fingerprint density at radius 2 is 2.17 bits per heavy atom. The first-order valence-corrected chi connectivity index (χ1v) is 6.77. The van der Waals surface area contributed by atoms with Gasteiger partial charge in [0.2, 0.25) is 0 Å². The molecule has 1 aromatic heterocycles. The number of rotatable bonds is 1. The average molecular weight is 267 g/mol.